The molecule has 2 N–H and O–H groups in total. The summed E-state index contributed by atoms with van der Waals surface area (Å²) in [5.74, 6) is -0.643. The van der Waals surface area contributed by atoms with Gasteiger partial charge in [0.05, 0.1) is 0 Å². The fourth-order valence-electron chi connectivity index (χ4n) is 2.09. The van der Waals surface area contributed by atoms with Crippen molar-refractivity contribution >= 4 is 0 Å². The van der Waals surface area contributed by atoms with E-state index in [1.54, 1.807) is 37.3 Å². The fourth-order valence-corrected chi connectivity index (χ4v) is 2.09. The zero-order chi connectivity index (χ0) is 13.2. The van der Waals surface area contributed by atoms with Crippen molar-refractivity contribution in [1.82, 2.24) is 0 Å². The lowest BCUT2D eigenvalue weighted by Crippen LogP contribution is -2.36. The van der Waals surface area contributed by atoms with Crippen molar-refractivity contribution < 1.29 is 8.78 Å². The second-order valence-electron chi connectivity index (χ2n) is 4.70. The van der Waals surface area contributed by atoms with Crippen molar-refractivity contribution in [3.63, 3.8) is 0 Å². The minimum Gasteiger partial charge on any atom is -0.321 e. The van der Waals surface area contributed by atoms with Crippen LogP contribution in [0.15, 0.2) is 48.5 Å². The normalized spacial score (nSPS) is 14.2. The van der Waals surface area contributed by atoms with E-state index < -0.39 is 5.54 Å². The van der Waals surface area contributed by atoms with E-state index in [-0.39, 0.29) is 11.6 Å². The minimum atomic E-state index is -0.862. The number of rotatable bonds is 3. The van der Waals surface area contributed by atoms with Gasteiger partial charge in [0.25, 0.3) is 0 Å². The van der Waals surface area contributed by atoms with Gasteiger partial charge in [-0.25, -0.2) is 8.78 Å². The van der Waals surface area contributed by atoms with Crippen LogP contribution in [-0.4, -0.2) is 0 Å². The maximum Gasteiger partial charge on any atom is 0.128 e. The Balaban J connectivity index is 2.30. The molecule has 18 heavy (non-hydrogen) atoms. The summed E-state index contributed by atoms with van der Waals surface area (Å²) < 4.78 is 26.8. The zero-order valence-corrected chi connectivity index (χ0v) is 10.2. The predicted molar refractivity (Wildman–Crippen MR) is 68.0 cm³/mol. The molecule has 0 saturated heterocycles. The Kier molecular flexibility index (Phi) is 3.43. The SMILES string of the molecule is CC(N)(Cc1cccc(F)c1)c1ccccc1F. The summed E-state index contributed by atoms with van der Waals surface area (Å²) in [6.07, 6.45) is 0.381. The van der Waals surface area contributed by atoms with Gasteiger partial charge in [0.2, 0.25) is 0 Å². The van der Waals surface area contributed by atoms with Crippen molar-refractivity contribution in [3.8, 4) is 0 Å². The first-order valence-corrected chi connectivity index (χ1v) is 5.77. The molecule has 2 rings (SSSR count). The zero-order valence-electron chi connectivity index (χ0n) is 10.2. The second kappa shape index (κ2) is 4.86. The Hall–Kier alpha value is -1.74. The van der Waals surface area contributed by atoms with E-state index in [0.717, 1.165) is 5.56 Å². The van der Waals surface area contributed by atoms with Crippen molar-refractivity contribution in [3.05, 3.63) is 71.3 Å². The molecule has 0 aliphatic heterocycles. The monoisotopic (exact) mass is 247 g/mol. The molecule has 0 heterocycles. The van der Waals surface area contributed by atoms with Crippen LogP contribution in [0.4, 0.5) is 8.78 Å². The summed E-state index contributed by atoms with van der Waals surface area (Å²) in [6.45, 7) is 1.75. The van der Waals surface area contributed by atoms with Crippen molar-refractivity contribution in [1.29, 1.82) is 0 Å². The largest absolute Gasteiger partial charge is 0.321 e. The number of nitrogens with two attached hydrogens (primary N) is 1. The maximum absolute atomic E-state index is 13.7. The van der Waals surface area contributed by atoms with E-state index in [9.17, 15) is 8.78 Å². The van der Waals surface area contributed by atoms with Crippen LogP contribution in [0.25, 0.3) is 0 Å². The lowest BCUT2D eigenvalue weighted by Gasteiger charge is -2.26. The highest BCUT2D eigenvalue weighted by molar-refractivity contribution is 5.29. The molecule has 2 aromatic carbocycles. The van der Waals surface area contributed by atoms with Crippen LogP contribution >= 0.6 is 0 Å². The number of benzene rings is 2. The summed E-state index contributed by atoms with van der Waals surface area (Å²) in [4.78, 5) is 0. The number of hydrogen-bond acceptors (Lipinski definition) is 1. The third-order valence-corrected chi connectivity index (χ3v) is 2.95. The van der Waals surface area contributed by atoms with Crippen molar-refractivity contribution in [2.24, 2.45) is 5.73 Å². The van der Waals surface area contributed by atoms with E-state index in [2.05, 4.69) is 0 Å². The first-order chi connectivity index (χ1) is 8.49. The Labute approximate surface area is 105 Å². The summed E-state index contributed by atoms with van der Waals surface area (Å²) in [5, 5.41) is 0. The minimum absolute atomic E-state index is 0.308. The summed E-state index contributed by atoms with van der Waals surface area (Å²) in [5.41, 5.74) is 6.49. The smallest absolute Gasteiger partial charge is 0.128 e. The topological polar surface area (TPSA) is 26.0 Å². The summed E-state index contributed by atoms with van der Waals surface area (Å²) >= 11 is 0. The Morgan fingerprint density at radius 2 is 1.78 bits per heavy atom. The highest BCUT2D eigenvalue weighted by Crippen LogP contribution is 2.25. The van der Waals surface area contributed by atoms with Gasteiger partial charge >= 0.3 is 0 Å². The molecular formula is C15H15F2N. The van der Waals surface area contributed by atoms with Gasteiger partial charge in [-0.3, -0.25) is 0 Å². The number of halogens is 2. The van der Waals surface area contributed by atoms with Gasteiger partial charge in [-0.15, -0.1) is 0 Å². The molecule has 2 aromatic rings. The van der Waals surface area contributed by atoms with Crippen molar-refractivity contribution in [2.75, 3.05) is 0 Å². The van der Waals surface area contributed by atoms with Crippen LogP contribution in [0, 0.1) is 11.6 Å². The summed E-state index contributed by atoms with van der Waals surface area (Å²) in [6, 6.07) is 12.6. The van der Waals surface area contributed by atoms with Crippen LogP contribution in [0.5, 0.6) is 0 Å². The van der Waals surface area contributed by atoms with Gasteiger partial charge in [-0.05, 0) is 37.1 Å². The van der Waals surface area contributed by atoms with Gasteiger partial charge in [0.15, 0.2) is 0 Å². The summed E-state index contributed by atoms with van der Waals surface area (Å²) in [7, 11) is 0. The van der Waals surface area contributed by atoms with Crippen LogP contribution < -0.4 is 5.73 Å². The van der Waals surface area contributed by atoms with E-state index in [1.165, 1.54) is 18.2 Å². The predicted octanol–water partition coefficient (Wildman–Crippen LogP) is 3.38. The fraction of sp³-hybridized carbons (Fsp3) is 0.200. The van der Waals surface area contributed by atoms with E-state index >= 15 is 0 Å². The molecule has 0 radical (unpaired) electrons. The Morgan fingerprint density at radius 1 is 1.06 bits per heavy atom. The second-order valence-corrected chi connectivity index (χ2v) is 4.70. The molecule has 94 valence electrons. The molecular weight excluding hydrogens is 232 g/mol. The quantitative estimate of drug-likeness (QED) is 0.884. The Morgan fingerprint density at radius 3 is 2.44 bits per heavy atom. The van der Waals surface area contributed by atoms with Crippen LogP contribution in [0.2, 0.25) is 0 Å². The average molecular weight is 247 g/mol. The molecule has 0 spiro atoms. The van der Waals surface area contributed by atoms with Crippen LogP contribution in [-0.2, 0) is 12.0 Å². The van der Waals surface area contributed by atoms with E-state index in [4.69, 9.17) is 5.73 Å². The van der Waals surface area contributed by atoms with Gasteiger partial charge in [-0.2, -0.15) is 0 Å². The molecule has 0 aliphatic rings. The van der Waals surface area contributed by atoms with Gasteiger partial charge < -0.3 is 5.73 Å². The lowest BCUT2D eigenvalue weighted by atomic mass is 9.86. The third-order valence-electron chi connectivity index (χ3n) is 2.95. The molecule has 1 unspecified atom stereocenters. The first kappa shape index (κ1) is 12.7. The maximum atomic E-state index is 13.7. The van der Waals surface area contributed by atoms with Gasteiger partial charge in [0, 0.05) is 11.1 Å². The van der Waals surface area contributed by atoms with Crippen LogP contribution in [0.1, 0.15) is 18.1 Å². The molecule has 3 heteroatoms. The molecule has 1 nitrogen and oxygen atoms in total. The third kappa shape index (κ3) is 2.74. The molecule has 0 aromatic heterocycles. The highest BCUT2D eigenvalue weighted by Gasteiger charge is 2.24. The molecule has 0 amide bonds. The number of hydrogen-bond donors (Lipinski definition) is 1. The van der Waals surface area contributed by atoms with E-state index in [0.29, 0.717) is 12.0 Å². The molecule has 0 bridgehead atoms. The first-order valence-electron chi connectivity index (χ1n) is 5.77. The van der Waals surface area contributed by atoms with Crippen molar-refractivity contribution in [2.45, 2.75) is 18.9 Å². The average Bonchev–Trinajstić information content (AvgIpc) is 2.28. The highest BCUT2D eigenvalue weighted by atomic mass is 19.1. The molecule has 0 aliphatic carbocycles. The molecule has 0 saturated carbocycles. The van der Waals surface area contributed by atoms with Crippen LogP contribution in [0.3, 0.4) is 0 Å². The lowest BCUT2D eigenvalue weighted by molar-refractivity contribution is 0.456. The van der Waals surface area contributed by atoms with Gasteiger partial charge in [-0.1, -0.05) is 30.3 Å². The Bertz CT molecular complexity index is 550. The standard InChI is InChI=1S/C15H15F2N/c1-15(18,13-7-2-3-8-14(13)17)10-11-5-4-6-12(16)9-11/h2-9H,10,18H2,1H3. The van der Waals surface area contributed by atoms with E-state index in [1.807, 2.05) is 0 Å². The molecule has 1 atom stereocenters. The molecule has 0 fully saturated rings. The van der Waals surface area contributed by atoms with Gasteiger partial charge in [0.1, 0.15) is 11.6 Å².